The van der Waals surface area contributed by atoms with Gasteiger partial charge in [0, 0.05) is 25.3 Å². The Labute approximate surface area is 205 Å². The van der Waals surface area contributed by atoms with Crippen LogP contribution in [0.15, 0.2) is 18.3 Å². The largest absolute Gasteiger partial charge is 0.480 e. The summed E-state index contributed by atoms with van der Waals surface area (Å²) in [5, 5.41) is 22.7. The molecule has 5 rings (SSSR count). The molecule has 2 aliphatic carbocycles. The number of aromatic amines is 1. The van der Waals surface area contributed by atoms with Gasteiger partial charge in [-0.25, -0.2) is 9.78 Å². The first-order valence-corrected chi connectivity index (χ1v) is 13.0. The van der Waals surface area contributed by atoms with E-state index in [2.05, 4.69) is 33.0 Å². The number of fused-ring (bicyclic) bond motifs is 2. The molecule has 2 atom stereocenters. The lowest BCUT2D eigenvalue weighted by atomic mass is 9.79. The second-order valence-electron chi connectivity index (χ2n) is 10.2. The molecule has 2 aromatic rings. The molecule has 1 amide bonds. The van der Waals surface area contributed by atoms with Crippen LogP contribution in [-0.4, -0.2) is 57.5 Å². The average Bonchev–Trinajstić information content (AvgIpc) is 3.32. The molecular weight excluding hydrogens is 446 g/mol. The fourth-order valence-electron chi connectivity index (χ4n) is 5.51. The van der Waals surface area contributed by atoms with Gasteiger partial charge in [0.15, 0.2) is 0 Å². The Hall–Kier alpha value is -2.94. The second-order valence-corrected chi connectivity index (χ2v) is 10.2. The summed E-state index contributed by atoms with van der Waals surface area (Å²) in [6.07, 6.45) is 11.0. The first-order valence-electron chi connectivity index (χ1n) is 13.0. The smallest absolute Gasteiger partial charge is 0.326 e. The topological polar surface area (TPSA) is 129 Å². The van der Waals surface area contributed by atoms with Crippen LogP contribution in [0.3, 0.4) is 0 Å². The van der Waals surface area contributed by atoms with Crippen molar-refractivity contribution >= 4 is 17.7 Å². The molecule has 0 bridgehead atoms. The summed E-state index contributed by atoms with van der Waals surface area (Å²) in [6, 6.07) is 3.41. The van der Waals surface area contributed by atoms with Crippen molar-refractivity contribution in [1.82, 2.24) is 20.5 Å². The van der Waals surface area contributed by atoms with Crippen LogP contribution in [0, 0.1) is 5.92 Å². The first-order chi connectivity index (χ1) is 17.1. The van der Waals surface area contributed by atoms with Crippen LogP contribution in [0.5, 0.6) is 0 Å². The molecular formula is C26H35N5O4. The van der Waals surface area contributed by atoms with E-state index in [1.54, 1.807) is 6.20 Å². The minimum Gasteiger partial charge on any atom is -0.480 e. The number of ether oxygens (including phenoxy) is 1. The van der Waals surface area contributed by atoms with E-state index < -0.39 is 12.0 Å². The van der Waals surface area contributed by atoms with Crippen LogP contribution in [0.25, 0.3) is 0 Å². The standard InChI is InChI=1S/C26H35N5O4/c32-25(21-5-1-3-18-15-28-31-23(18)21)30-22(26(33)34)10-12-35-20-13-16(14-20)6-8-19-9-7-17-4-2-11-27-24(17)29-19/h7,9,15-16,20-22H,1-6,8,10-14H2,(H,27,29)(H,28,31)(H,30,32)(H,33,34)/t16-,20-,21?,22?. The van der Waals surface area contributed by atoms with E-state index in [9.17, 15) is 14.7 Å². The van der Waals surface area contributed by atoms with Crippen LogP contribution in [-0.2, 0) is 33.6 Å². The second kappa shape index (κ2) is 10.8. The third-order valence-electron chi connectivity index (χ3n) is 7.68. The summed E-state index contributed by atoms with van der Waals surface area (Å²) < 4.78 is 5.93. The summed E-state index contributed by atoms with van der Waals surface area (Å²) in [5.41, 5.74) is 4.32. The van der Waals surface area contributed by atoms with Crippen LogP contribution in [0.4, 0.5) is 5.82 Å². The number of carbonyl (C=O) groups excluding carboxylic acids is 1. The van der Waals surface area contributed by atoms with E-state index in [0.29, 0.717) is 18.9 Å². The van der Waals surface area contributed by atoms with Gasteiger partial charge in [0.25, 0.3) is 0 Å². The van der Waals surface area contributed by atoms with Gasteiger partial charge in [0.05, 0.1) is 23.9 Å². The molecule has 3 heterocycles. The third-order valence-corrected chi connectivity index (χ3v) is 7.68. The molecule has 1 saturated carbocycles. The van der Waals surface area contributed by atoms with Crippen molar-refractivity contribution in [1.29, 1.82) is 0 Å². The lowest BCUT2D eigenvalue weighted by molar-refractivity contribution is -0.143. The Morgan fingerprint density at radius 1 is 1.20 bits per heavy atom. The van der Waals surface area contributed by atoms with E-state index in [-0.39, 0.29) is 24.3 Å². The van der Waals surface area contributed by atoms with Crippen LogP contribution in [0.1, 0.15) is 73.4 Å². The van der Waals surface area contributed by atoms with Crippen molar-refractivity contribution in [3.63, 3.8) is 0 Å². The normalized spacial score (nSPS) is 23.8. The van der Waals surface area contributed by atoms with E-state index >= 15 is 0 Å². The van der Waals surface area contributed by atoms with E-state index in [1.807, 2.05) is 0 Å². The van der Waals surface area contributed by atoms with Gasteiger partial charge >= 0.3 is 5.97 Å². The Morgan fingerprint density at radius 2 is 2.06 bits per heavy atom. The number of pyridine rings is 1. The molecule has 188 valence electrons. The average molecular weight is 482 g/mol. The number of aromatic nitrogens is 3. The highest BCUT2D eigenvalue weighted by molar-refractivity contribution is 5.88. The highest BCUT2D eigenvalue weighted by Crippen LogP contribution is 2.34. The quantitative estimate of drug-likeness (QED) is 0.411. The number of carboxylic acids is 1. The minimum absolute atomic E-state index is 0.175. The number of aryl methyl sites for hydroxylation is 3. The number of nitrogens with zero attached hydrogens (tertiary/aromatic N) is 2. The number of aliphatic carboxylic acids is 1. The van der Waals surface area contributed by atoms with Gasteiger partial charge in [-0.05, 0) is 80.9 Å². The number of amides is 1. The van der Waals surface area contributed by atoms with Crippen molar-refractivity contribution in [3.05, 3.63) is 40.8 Å². The molecule has 9 heteroatoms. The van der Waals surface area contributed by atoms with Gasteiger partial charge in [-0.3, -0.25) is 9.89 Å². The number of rotatable bonds is 10. The van der Waals surface area contributed by atoms with Crippen molar-refractivity contribution in [2.45, 2.75) is 82.3 Å². The lowest BCUT2D eigenvalue weighted by Gasteiger charge is -2.35. The molecule has 0 spiro atoms. The molecule has 1 aliphatic heterocycles. The van der Waals surface area contributed by atoms with Crippen molar-refractivity contribution in [2.24, 2.45) is 5.92 Å². The van der Waals surface area contributed by atoms with Gasteiger partial charge in [0.1, 0.15) is 11.9 Å². The molecule has 0 saturated heterocycles. The monoisotopic (exact) mass is 481 g/mol. The molecule has 4 N–H and O–H groups in total. The highest BCUT2D eigenvalue weighted by Gasteiger charge is 2.32. The van der Waals surface area contributed by atoms with Gasteiger partial charge in [0.2, 0.25) is 5.91 Å². The maximum atomic E-state index is 12.8. The third kappa shape index (κ3) is 5.66. The summed E-state index contributed by atoms with van der Waals surface area (Å²) in [6.45, 7) is 1.33. The maximum absolute atomic E-state index is 12.8. The fraction of sp³-hybridized carbons (Fsp3) is 0.615. The number of carboxylic acid groups (broad SMARTS) is 1. The van der Waals surface area contributed by atoms with Gasteiger partial charge in [-0.2, -0.15) is 5.10 Å². The van der Waals surface area contributed by atoms with Gasteiger partial charge in [-0.15, -0.1) is 0 Å². The molecule has 0 radical (unpaired) electrons. The number of carbonyl (C=O) groups is 2. The predicted molar refractivity (Wildman–Crippen MR) is 130 cm³/mol. The Morgan fingerprint density at radius 3 is 2.91 bits per heavy atom. The fourth-order valence-corrected chi connectivity index (χ4v) is 5.51. The molecule has 9 nitrogen and oxygen atoms in total. The Balaban J connectivity index is 1.01. The SMILES string of the molecule is O=C(O)C(CCO[C@H]1C[C@H](CCc2ccc3c(n2)NCCC3)C1)NC(=O)C1CCCc2cn[nH]c21. The van der Waals surface area contributed by atoms with E-state index in [1.165, 1.54) is 12.0 Å². The number of hydrogen-bond donors (Lipinski definition) is 4. The summed E-state index contributed by atoms with van der Waals surface area (Å²) in [4.78, 5) is 29.3. The Kier molecular flexibility index (Phi) is 7.32. The van der Waals surface area contributed by atoms with Crippen LogP contribution < -0.4 is 10.6 Å². The molecule has 1 fully saturated rings. The lowest BCUT2D eigenvalue weighted by Crippen LogP contribution is -2.44. The number of anilines is 1. The van der Waals surface area contributed by atoms with Crippen molar-refractivity contribution in [2.75, 3.05) is 18.5 Å². The zero-order chi connectivity index (χ0) is 24.2. The summed E-state index contributed by atoms with van der Waals surface area (Å²) in [7, 11) is 0. The summed E-state index contributed by atoms with van der Waals surface area (Å²) in [5.74, 6) is 0.0306. The number of H-pyrrole nitrogens is 1. The predicted octanol–water partition coefficient (Wildman–Crippen LogP) is 2.97. The molecule has 2 unspecified atom stereocenters. The van der Waals surface area contributed by atoms with Crippen molar-refractivity contribution in [3.8, 4) is 0 Å². The van der Waals surface area contributed by atoms with E-state index in [4.69, 9.17) is 9.72 Å². The molecule has 2 aromatic heterocycles. The van der Waals surface area contributed by atoms with Gasteiger partial charge in [-0.1, -0.05) is 6.07 Å². The minimum atomic E-state index is -1.03. The molecule has 3 aliphatic rings. The molecule has 0 aromatic carbocycles. The van der Waals surface area contributed by atoms with Crippen LogP contribution in [0.2, 0.25) is 0 Å². The zero-order valence-corrected chi connectivity index (χ0v) is 20.1. The molecule has 35 heavy (non-hydrogen) atoms. The maximum Gasteiger partial charge on any atom is 0.326 e. The van der Waals surface area contributed by atoms with Crippen LogP contribution >= 0.6 is 0 Å². The zero-order valence-electron chi connectivity index (χ0n) is 20.1. The highest BCUT2D eigenvalue weighted by atomic mass is 16.5. The first kappa shape index (κ1) is 23.8. The summed E-state index contributed by atoms with van der Waals surface area (Å²) >= 11 is 0. The van der Waals surface area contributed by atoms with E-state index in [0.717, 1.165) is 74.3 Å². The number of hydrogen-bond acceptors (Lipinski definition) is 6. The Bertz CT molecular complexity index is 1050. The number of nitrogens with one attached hydrogen (secondary N) is 3. The van der Waals surface area contributed by atoms with Crippen molar-refractivity contribution < 1.29 is 19.4 Å². The van der Waals surface area contributed by atoms with Gasteiger partial charge < -0.3 is 20.5 Å².